The van der Waals surface area contributed by atoms with Gasteiger partial charge in [-0.2, -0.15) is 0 Å². The molecular weight excluding hydrogens is 318 g/mol. The molecular formula is C20H23NO4. The van der Waals surface area contributed by atoms with E-state index in [1.807, 2.05) is 48.5 Å². The fourth-order valence-corrected chi connectivity index (χ4v) is 2.80. The van der Waals surface area contributed by atoms with E-state index >= 15 is 0 Å². The van der Waals surface area contributed by atoms with Crippen LogP contribution >= 0.6 is 0 Å². The summed E-state index contributed by atoms with van der Waals surface area (Å²) in [5.41, 5.74) is 1.97. The van der Waals surface area contributed by atoms with Crippen molar-refractivity contribution >= 4 is 5.97 Å². The lowest BCUT2D eigenvalue weighted by Gasteiger charge is -2.18. The molecule has 0 radical (unpaired) electrons. The van der Waals surface area contributed by atoms with Gasteiger partial charge in [0.25, 0.3) is 0 Å². The molecule has 0 spiro atoms. The molecule has 2 aromatic rings. The normalized spacial score (nSPS) is 15.0. The van der Waals surface area contributed by atoms with Crippen LogP contribution in [0.1, 0.15) is 24.0 Å². The second kappa shape index (κ2) is 8.53. The molecule has 132 valence electrons. The predicted octanol–water partition coefficient (Wildman–Crippen LogP) is 3.02. The number of nitrogens with one attached hydrogen (secondary N) is 1. The number of carboxylic acid groups (broad SMARTS) is 1. The van der Waals surface area contributed by atoms with E-state index < -0.39 is 12.0 Å². The van der Waals surface area contributed by atoms with Gasteiger partial charge in [0.15, 0.2) is 11.5 Å². The van der Waals surface area contributed by atoms with E-state index in [0.717, 1.165) is 35.5 Å². The fourth-order valence-electron chi connectivity index (χ4n) is 2.80. The van der Waals surface area contributed by atoms with Gasteiger partial charge in [0, 0.05) is 6.54 Å². The Labute approximate surface area is 147 Å². The summed E-state index contributed by atoms with van der Waals surface area (Å²) in [7, 11) is 0. The first kappa shape index (κ1) is 17.3. The molecule has 2 aromatic carbocycles. The summed E-state index contributed by atoms with van der Waals surface area (Å²) in [5.74, 6) is 0.631. The summed E-state index contributed by atoms with van der Waals surface area (Å²) in [6.45, 7) is 1.84. The summed E-state index contributed by atoms with van der Waals surface area (Å²) in [6, 6.07) is 14.8. The van der Waals surface area contributed by atoms with Crippen molar-refractivity contribution in [3.8, 4) is 11.5 Å². The van der Waals surface area contributed by atoms with Crippen molar-refractivity contribution in [2.45, 2.75) is 31.8 Å². The Kier molecular flexibility index (Phi) is 5.90. The van der Waals surface area contributed by atoms with Crippen molar-refractivity contribution in [1.29, 1.82) is 0 Å². The van der Waals surface area contributed by atoms with E-state index in [9.17, 15) is 9.90 Å². The van der Waals surface area contributed by atoms with Gasteiger partial charge in [0.2, 0.25) is 0 Å². The smallest absolute Gasteiger partial charge is 0.321 e. The molecule has 0 saturated heterocycles. The Morgan fingerprint density at radius 2 is 1.72 bits per heavy atom. The van der Waals surface area contributed by atoms with Crippen molar-refractivity contribution in [2.24, 2.45) is 0 Å². The van der Waals surface area contributed by atoms with Crippen LogP contribution in [-0.4, -0.2) is 30.3 Å². The summed E-state index contributed by atoms with van der Waals surface area (Å²) >= 11 is 0. The third-order valence-corrected chi connectivity index (χ3v) is 4.20. The lowest BCUT2D eigenvalue weighted by atomic mass is 10.1. The van der Waals surface area contributed by atoms with Crippen LogP contribution in [0.4, 0.5) is 0 Å². The molecule has 3 rings (SSSR count). The molecule has 0 saturated carbocycles. The highest BCUT2D eigenvalue weighted by Crippen LogP contribution is 2.30. The van der Waals surface area contributed by atoms with Gasteiger partial charge in [-0.1, -0.05) is 36.4 Å². The van der Waals surface area contributed by atoms with Crippen LogP contribution in [0.15, 0.2) is 48.5 Å². The van der Waals surface area contributed by atoms with Gasteiger partial charge in [-0.15, -0.1) is 0 Å². The zero-order valence-corrected chi connectivity index (χ0v) is 14.1. The van der Waals surface area contributed by atoms with Crippen LogP contribution in [0.3, 0.4) is 0 Å². The molecule has 1 atom stereocenters. The highest BCUT2D eigenvalue weighted by atomic mass is 16.5. The standard InChI is InChI=1S/C20H23NO4/c22-20(23)17(12-15-6-2-1-3-7-15)21-14-16-8-9-18-19(13-16)25-11-5-4-10-24-18/h1-3,6-9,13,17,21H,4-5,10-12,14H2,(H,22,23)/t17-/m1/s1. The Hall–Kier alpha value is -2.53. The first-order valence-electron chi connectivity index (χ1n) is 8.61. The molecule has 5 heteroatoms. The Morgan fingerprint density at radius 3 is 2.44 bits per heavy atom. The maximum atomic E-state index is 11.5. The molecule has 0 bridgehead atoms. The number of hydrogen-bond acceptors (Lipinski definition) is 4. The van der Waals surface area contributed by atoms with Crippen molar-refractivity contribution < 1.29 is 19.4 Å². The molecule has 0 fully saturated rings. The average molecular weight is 341 g/mol. The minimum absolute atomic E-state index is 0.445. The van der Waals surface area contributed by atoms with E-state index in [0.29, 0.717) is 26.2 Å². The van der Waals surface area contributed by atoms with Crippen LogP contribution in [0.5, 0.6) is 11.5 Å². The summed E-state index contributed by atoms with van der Waals surface area (Å²) in [6.07, 6.45) is 2.41. The van der Waals surface area contributed by atoms with Gasteiger partial charge in [0.1, 0.15) is 6.04 Å². The molecule has 2 N–H and O–H groups in total. The third-order valence-electron chi connectivity index (χ3n) is 4.20. The molecule has 25 heavy (non-hydrogen) atoms. The summed E-state index contributed by atoms with van der Waals surface area (Å²) < 4.78 is 11.4. The number of fused-ring (bicyclic) bond motifs is 1. The number of ether oxygens (including phenoxy) is 2. The predicted molar refractivity (Wildman–Crippen MR) is 95.1 cm³/mol. The lowest BCUT2D eigenvalue weighted by Crippen LogP contribution is -2.38. The molecule has 0 aliphatic carbocycles. The summed E-state index contributed by atoms with van der Waals surface area (Å²) in [4.78, 5) is 11.5. The van der Waals surface area contributed by atoms with E-state index in [-0.39, 0.29) is 0 Å². The molecule has 1 heterocycles. The number of carbonyl (C=O) groups is 1. The van der Waals surface area contributed by atoms with Crippen LogP contribution in [0, 0.1) is 0 Å². The Morgan fingerprint density at radius 1 is 1.00 bits per heavy atom. The minimum atomic E-state index is -0.852. The van der Waals surface area contributed by atoms with Gasteiger partial charge < -0.3 is 19.9 Å². The van der Waals surface area contributed by atoms with Crippen molar-refractivity contribution in [3.63, 3.8) is 0 Å². The number of carboxylic acids is 1. The second-order valence-electron chi connectivity index (χ2n) is 6.15. The zero-order valence-electron chi connectivity index (χ0n) is 14.1. The Bertz CT molecular complexity index is 702. The molecule has 0 unspecified atom stereocenters. The average Bonchev–Trinajstić information content (AvgIpc) is 2.60. The maximum Gasteiger partial charge on any atom is 0.321 e. The Balaban J connectivity index is 1.64. The number of rotatable bonds is 6. The largest absolute Gasteiger partial charge is 0.490 e. The number of benzene rings is 2. The molecule has 0 aromatic heterocycles. The minimum Gasteiger partial charge on any atom is -0.490 e. The van der Waals surface area contributed by atoms with Crippen LogP contribution < -0.4 is 14.8 Å². The van der Waals surface area contributed by atoms with Gasteiger partial charge in [-0.05, 0) is 42.5 Å². The van der Waals surface area contributed by atoms with Gasteiger partial charge in [-0.3, -0.25) is 4.79 Å². The van der Waals surface area contributed by atoms with Crippen LogP contribution in [0.2, 0.25) is 0 Å². The van der Waals surface area contributed by atoms with Gasteiger partial charge >= 0.3 is 5.97 Å². The van der Waals surface area contributed by atoms with E-state index in [1.165, 1.54) is 0 Å². The zero-order chi connectivity index (χ0) is 17.5. The van der Waals surface area contributed by atoms with E-state index in [1.54, 1.807) is 0 Å². The molecule has 0 amide bonds. The molecule has 1 aliphatic rings. The maximum absolute atomic E-state index is 11.5. The van der Waals surface area contributed by atoms with Crippen LogP contribution in [-0.2, 0) is 17.8 Å². The quantitative estimate of drug-likeness (QED) is 0.845. The SMILES string of the molecule is O=C(O)[C@@H](Cc1ccccc1)NCc1ccc2c(c1)OCCCCO2. The topological polar surface area (TPSA) is 67.8 Å². The third kappa shape index (κ3) is 4.97. The van der Waals surface area contributed by atoms with Crippen molar-refractivity contribution in [3.05, 3.63) is 59.7 Å². The molecule has 1 aliphatic heterocycles. The number of aliphatic carboxylic acids is 1. The van der Waals surface area contributed by atoms with Crippen LogP contribution in [0.25, 0.3) is 0 Å². The first-order chi connectivity index (χ1) is 12.2. The van der Waals surface area contributed by atoms with E-state index in [4.69, 9.17) is 9.47 Å². The second-order valence-corrected chi connectivity index (χ2v) is 6.15. The van der Waals surface area contributed by atoms with Crippen molar-refractivity contribution in [2.75, 3.05) is 13.2 Å². The highest BCUT2D eigenvalue weighted by molar-refractivity contribution is 5.73. The lowest BCUT2D eigenvalue weighted by molar-refractivity contribution is -0.139. The number of hydrogen-bond donors (Lipinski definition) is 2. The first-order valence-corrected chi connectivity index (χ1v) is 8.61. The van der Waals surface area contributed by atoms with Crippen molar-refractivity contribution in [1.82, 2.24) is 5.32 Å². The summed E-state index contributed by atoms with van der Waals surface area (Å²) in [5, 5.41) is 12.6. The highest BCUT2D eigenvalue weighted by Gasteiger charge is 2.18. The monoisotopic (exact) mass is 341 g/mol. The van der Waals surface area contributed by atoms with E-state index in [2.05, 4.69) is 5.32 Å². The van der Waals surface area contributed by atoms with Gasteiger partial charge in [-0.25, -0.2) is 0 Å². The molecule has 5 nitrogen and oxygen atoms in total. The van der Waals surface area contributed by atoms with Gasteiger partial charge in [0.05, 0.1) is 13.2 Å². The fraction of sp³-hybridized carbons (Fsp3) is 0.350.